The number of esters is 1. The van der Waals surface area contributed by atoms with Gasteiger partial charge in [0.1, 0.15) is 17.6 Å². The van der Waals surface area contributed by atoms with Crippen LogP contribution in [0.25, 0.3) is 0 Å². The van der Waals surface area contributed by atoms with Gasteiger partial charge in [0, 0.05) is 6.42 Å². The molecule has 1 aromatic heterocycles. The molecule has 1 aliphatic heterocycles. The van der Waals surface area contributed by atoms with Crippen LogP contribution in [0.2, 0.25) is 0 Å². The number of carbonyl (C=O) groups is 2. The van der Waals surface area contributed by atoms with E-state index in [9.17, 15) is 9.59 Å². The van der Waals surface area contributed by atoms with Crippen LogP contribution in [0, 0.1) is 13.8 Å². The smallest absolute Gasteiger partial charge is 0.344 e. The molecule has 1 amide bonds. The molecule has 7 nitrogen and oxygen atoms in total. The maximum atomic E-state index is 12.9. The predicted molar refractivity (Wildman–Crippen MR) is 118 cm³/mol. The lowest BCUT2D eigenvalue weighted by Gasteiger charge is -2.19. The number of furan rings is 1. The molecule has 1 aliphatic rings. The molecule has 0 bridgehead atoms. The first-order valence-corrected chi connectivity index (χ1v) is 10.4. The van der Waals surface area contributed by atoms with Gasteiger partial charge < -0.3 is 13.9 Å². The number of hydrogen-bond acceptors (Lipinski definition) is 6. The molecule has 0 saturated heterocycles. The molecule has 3 aromatic rings. The monoisotopic (exact) mass is 432 g/mol. The van der Waals surface area contributed by atoms with Gasteiger partial charge >= 0.3 is 5.97 Å². The van der Waals surface area contributed by atoms with Gasteiger partial charge in [-0.25, -0.2) is 9.80 Å². The molecule has 2 heterocycles. The van der Waals surface area contributed by atoms with Crippen LogP contribution in [0.3, 0.4) is 0 Å². The Bertz CT molecular complexity index is 1120. The van der Waals surface area contributed by atoms with E-state index in [1.165, 1.54) is 5.01 Å². The van der Waals surface area contributed by atoms with Gasteiger partial charge in [0.15, 0.2) is 13.2 Å². The summed E-state index contributed by atoms with van der Waals surface area (Å²) in [5.74, 6) is 0.162. The minimum atomic E-state index is -0.627. The second-order valence-corrected chi connectivity index (χ2v) is 7.60. The maximum absolute atomic E-state index is 12.9. The van der Waals surface area contributed by atoms with Crippen molar-refractivity contribution >= 4 is 17.6 Å². The molecular formula is C25H24N2O5. The van der Waals surface area contributed by atoms with E-state index in [0.717, 1.165) is 22.4 Å². The summed E-state index contributed by atoms with van der Waals surface area (Å²) < 4.78 is 16.2. The molecule has 0 aliphatic carbocycles. The molecule has 0 spiro atoms. The standard InChI is InChI=1S/C25H24N2O5/c1-17-9-11-19(12-10-17)20-14-21(23-8-5-13-30-23)27(26-20)24(28)15-32-25(29)16-31-22-7-4-3-6-18(22)2/h3-13,21H,14-16H2,1-2H3. The molecule has 164 valence electrons. The molecular weight excluding hydrogens is 408 g/mol. The summed E-state index contributed by atoms with van der Waals surface area (Å²) in [6.07, 6.45) is 2.07. The number of hydrazone groups is 1. The van der Waals surface area contributed by atoms with Gasteiger partial charge in [-0.05, 0) is 43.2 Å². The summed E-state index contributed by atoms with van der Waals surface area (Å²) in [5, 5.41) is 5.86. The lowest BCUT2D eigenvalue weighted by molar-refractivity contribution is -0.154. The van der Waals surface area contributed by atoms with E-state index in [1.807, 2.05) is 56.3 Å². The first-order chi connectivity index (χ1) is 15.5. The third kappa shape index (κ3) is 4.88. The highest BCUT2D eigenvalue weighted by molar-refractivity contribution is 6.03. The Labute approximate surface area is 186 Å². The third-order valence-electron chi connectivity index (χ3n) is 5.22. The SMILES string of the molecule is Cc1ccc(C2=NN(C(=O)COC(=O)COc3ccccc3C)C(c3ccco3)C2)cc1. The topological polar surface area (TPSA) is 81.3 Å². The second kappa shape index (κ2) is 9.51. The zero-order valence-corrected chi connectivity index (χ0v) is 18.0. The summed E-state index contributed by atoms with van der Waals surface area (Å²) in [7, 11) is 0. The van der Waals surface area contributed by atoms with Crippen molar-refractivity contribution in [2.45, 2.75) is 26.3 Å². The van der Waals surface area contributed by atoms with Gasteiger partial charge in [-0.1, -0.05) is 48.0 Å². The highest BCUT2D eigenvalue weighted by atomic mass is 16.6. The van der Waals surface area contributed by atoms with Crippen LogP contribution in [0.15, 0.2) is 76.4 Å². The molecule has 0 N–H and O–H groups in total. The number of benzene rings is 2. The summed E-state index contributed by atoms with van der Waals surface area (Å²) in [5.41, 5.74) is 3.76. The molecule has 0 radical (unpaired) electrons. The van der Waals surface area contributed by atoms with E-state index in [-0.39, 0.29) is 6.61 Å². The van der Waals surface area contributed by atoms with E-state index in [4.69, 9.17) is 13.9 Å². The van der Waals surface area contributed by atoms with Crippen molar-refractivity contribution in [2.24, 2.45) is 5.10 Å². The average Bonchev–Trinajstić information content (AvgIpc) is 3.47. The Kier molecular flexibility index (Phi) is 6.35. The van der Waals surface area contributed by atoms with Crippen LogP contribution < -0.4 is 4.74 Å². The van der Waals surface area contributed by atoms with Crippen LogP contribution >= 0.6 is 0 Å². The largest absolute Gasteiger partial charge is 0.482 e. The van der Waals surface area contributed by atoms with Crippen LogP contribution in [0.4, 0.5) is 0 Å². The number of aryl methyl sites for hydroxylation is 2. The molecule has 32 heavy (non-hydrogen) atoms. The number of nitrogens with zero attached hydrogens (tertiary/aromatic N) is 2. The third-order valence-corrected chi connectivity index (χ3v) is 5.22. The maximum Gasteiger partial charge on any atom is 0.344 e. The van der Waals surface area contributed by atoms with Crippen molar-refractivity contribution in [3.63, 3.8) is 0 Å². The first-order valence-electron chi connectivity index (χ1n) is 10.4. The van der Waals surface area contributed by atoms with Crippen molar-refractivity contribution in [3.8, 4) is 5.75 Å². The average molecular weight is 432 g/mol. The fraction of sp³-hybridized carbons (Fsp3) is 0.240. The molecule has 0 fully saturated rings. The number of rotatable bonds is 7. The summed E-state index contributed by atoms with van der Waals surface area (Å²) in [6, 6.07) is 18.5. The van der Waals surface area contributed by atoms with E-state index in [0.29, 0.717) is 17.9 Å². The van der Waals surface area contributed by atoms with Crippen LogP contribution in [-0.2, 0) is 14.3 Å². The van der Waals surface area contributed by atoms with Gasteiger partial charge in [0.25, 0.3) is 5.91 Å². The number of hydrogen-bond donors (Lipinski definition) is 0. The Morgan fingerprint density at radius 2 is 1.81 bits per heavy atom. The number of ether oxygens (including phenoxy) is 2. The Morgan fingerprint density at radius 1 is 1.03 bits per heavy atom. The number of carbonyl (C=O) groups excluding carboxylic acids is 2. The Balaban J connectivity index is 1.41. The number of amides is 1. The number of para-hydroxylation sites is 1. The van der Waals surface area contributed by atoms with Crippen molar-refractivity contribution in [1.29, 1.82) is 0 Å². The zero-order chi connectivity index (χ0) is 22.5. The lowest BCUT2D eigenvalue weighted by Crippen LogP contribution is -2.32. The van der Waals surface area contributed by atoms with E-state index in [1.54, 1.807) is 24.5 Å². The van der Waals surface area contributed by atoms with E-state index in [2.05, 4.69) is 5.10 Å². The second-order valence-electron chi connectivity index (χ2n) is 7.60. The molecule has 2 aromatic carbocycles. The lowest BCUT2D eigenvalue weighted by atomic mass is 10.0. The predicted octanol–water partition coefficient (Wildman–Crippen LogP) is 4.20. The quantitative estimate of drug-likeness (QED) is 0.523. The summed E-state index contributed by atoms with van der Waals surface area (Å²) in [4.78, 5) is 25.0. The van der Waals surface area contributed by atoms with Gasteiger partial charge in [-0.2, -0.15) is 5.10 Å². The van der Waals surface area contributed by atoms with Crippen LogP contribution in [0.5, 0.6) is 5.75 Å². The van der Waals surface area contributed by atoms with Gasteiger partial charge in [-0.15, -0.1) is 0 Å². The molecule has 1 atom stereocenters. The molecule has 4 rings (SSSR count). The van der Waals surface area contributed by atoms with Crippen LogP contribution in [0.1, 0.15) is 34.9 Å². The van der Waals surface area contributed by atoms with Crippen molar-refractivity contribution in [2.75, 3.05) is 13.2 Å². The minimum absolute atomic E-state index is 0.280. The highest BCUT2D eigenvalue weighted by Gasteiger charge is 2.35. The Morgan fingerprint density at radius 3 is 2.53 bits per heavy atom. The first kappa shape index (κ1) is 21.4. The fourth-order valence-electron chi connectivity index (χ4n) is 3.47. The summed E-state index contributed by atoms with van der Waals surface area (Å²) in [6.45, 7) is 3.18. The van der Waals surface area contributed by atoms with Crippen LogP contribution in [-0.4, -0.2) is 35.8 Å². The Hall–Kier alpha value is -3.87. The molecule has 0 saturated carbocycles. The van der Waals surface area contributed by atoms with Crippen molar-refractivity contribution in [1.82, 2.24) is 5.01 Å². The van der Waals surface area contributed by atoms with E-state index < -0.39 is 24.5 Å². The van der Waals surface area contributed by atoms with Gasteiger partial charge in [0.2, 0.25) is 0 Å². The van der Waals surface area contributed by atoms with Gasteiger partial charge in [-0.3, -0.25) is 4.79 Å². The normalized spacial score (nSPS) is 15.4. The minimum Gasteiger partial charge on any atom is -0.482 e. The molecule has 1 unspecified atom stereocenters. The fourth-order valence-corrected chi connectivity index (χ4v) is 3.47. The van der Waals surface area contributed by atoms with E-state index >= 15 is 0 Å². The summed E-state index contributed by atoms with van der Waals surface area (Å²) >= 11 is 0. The van der Waals surface area contributed by atoms with Crippen molar-refractivity contribution < 1.29 is 23.5 Å². The van der Waals surface area contributed by atoms with Gasteiger partial charge in [0.05, 0.1) is 12.0 Å². The molecule has 7 heteroatoms. The highest BCUT2D eigenvalue weighted by Crippen LogP contribution is 2.33. The van der Waals surface area contributed by atoms with Crippen molar-refractivity contribution in [3.05, 3.63) is 89.4 Å². The zero-order valence-electron chi connectivity index (χ0n) is 18.0.